The Morgan fingerprint density at radius 3 is 2.29 bits per heavy atom. The number of amidine groups is 1. The van der Waals surface area contributed by atoms with E-state index in [1.54, 1.807) is 48.5 Å². The average molecular weight is 496 g/mol. The normalized spacial score (nSPS) is 17.7. The van der Waals surface area contributed by atoms with Crippen LogP contribution in [0.25, 0.3) is 0 Å². The number of morpholine rings is 1. The van der Waals surface area contributed by atoms with Gasteiger partial charge in [0.15, 0.2) is 0 Å². The van der Waals surface area contributed by atoms with Gasteiger partial charge in [0.05, 0.1) is 24.7 Å². The molecule has 0 N–H and O–H groups in total. The van der Waals surface area contributed by atoms with E-state index in [9.17, 15) is 13.2 Å². The van der Waals surface area contributed by atoms with E-state index in [0.29, 0.717) is 49.3 Å². The summed E-state index contributed by atoms with van der Waals surface area (Å²) in [6, 6.07) is 21.1. The van der Waals surface area contributed by atoms with Gasteiger partial charge in [0, 0.05) is 34.9 Å². The summed E-state index contributed by atoms with van der Waals surface area (Å²) >= 11 is 5.94. The molecule has 1 saturated heterocycles. The second-order valence-corrected chi connectivity index (χ2v) is 10.4. The van der Waals surface area contributed by atoms with Crippen molar-refractivity contribution in [2.45, 2.75) is 11.4 Å². The zero-order valence-electron chi connectivity index (χ0n) is 18.2. The van der Waals surface area contributed by atoms with Crippen molar-refractivity contribution in [1.82, 2.24) is 4.31 Å². The molecule has 0 atom stereocenters. The van der Waals surface area contributed by atoms with Crippen LogP contribution in [-0.4, -0.2) is 50.8 Å². The summed E-state index contributed by atoms with van der Waals surface area (Å²) in [5, 5.41) is 0.546. The molecule has 1 amide bonds. The molecule has 0 saturated carbocycles. The Morgan fingerprint density at radius 1 is 0.912 bits per heavy atom. The minimum atomic E-state index is -3.59. The van der Waals surface area contributed by atoms with Gasteiger partial charge < -0.3 is 9.64 Å². The third-order valence-corrected chi connectivity index (χ3v) is 8.06. The molecule has 174 valence electrons. The van der Waals surface area contributed by atoms with Crippen molar-refractivity contribution in [2.24, 2.45) is 4.99 Å². The van der Waals surface area contributed by atoms with Gasteiger partial charge in [0.25, 0.3) is 5.91 Å². The van der Waals surface area contributed by atoms with E-state index in [1.807, 2.05) is 29.2 Å². The summed E-state index contributed by atoms with van der Waals surface area (Å²) in [4.78, 5) is 19.5. The van der Waals surface area contributed by atoms with Gasteiger partial charge in [-0.25, -0.2) is 8.42 Å². The van der Waals surface area contributed by atoms with Crippen molar-refractivity contribution in [3.05, 3.63) is 94.5 Å². The van der Waals surface area contributed by atoms with Crippen molar-refractivity contribution in [3.8, 4) is 0 Å². The van der Waals surface area contributed by atoms with Gasteiger partial charge in [-0.2, -0.15) is 9.30 Å². The molecule has 0 aliphatic carbocycles. The van der Waals surface area contributed by atoms with Gasteiger partial charge >= 0.3 is 0 Å². The first-order valence-corrected chi connectivity index (χ1v) is 12.7. The number of benzene rings is 3. The first kappa shape index (κ1) is 22.7. The highest BCUT2D eigenvalue weighted by Gasteiger charge is 2.29. The topological polar surface area (TPSA) is 79.3 Å². The molecule has 0 radical (unpaired) electrons. The predicted octanol–water partition coefficient (Wildman–Crippen LogP) is 3.97. The van der Waals surface area contributed by atoms with Crippen molar-refractivity contribution in [1.29, 1.82) is 0 Å². The van der Waals surface area contributed by atoms with Crippen LogP contribution in [0.1, 0.15) is 21.5 Å². The lowest BCUT2D eigenvalue weighted by Gasteiger charge is -2.26. The Balaban J connectivity index is 1.47. The van der Waals surface area contributed by atoms with Gasteiger partial charge in [-0.1, -0.05) is 35.9 Å². The Morgan fingerprint density at radius 2 is 1.59 bits per heavy atom. The quantitative estimate of drug-likeness (QED) is 0.547. The van der Waals surface area contributed by atoms with Crippen molar-refractivity contribution < 1.29 is 17.9 Å². The number of anilines is 1. The molecule has 3 aromatic rings. The van der Waals surface area contributed by atoms with E-state index < -0.39 is 10.0 Å². The molecule has 0 spiro atoms. The molecule has 9 heteroatoms. The number of hydrogen-bond donors (Lipinski definition) is 0. The van der Waals surface area contributed by atoms with Crippen molar-refractivity contribution in [3.63, 3.8) is 0 Å². The molecule has 1 fully saturated rings. The predicted molar refractivity (Wildman–Crippen MR) is 131 cm³/mol. The molecule has 34 heavy (non-hydrogen) atoms. The number of fused-ring (bicyclic) bond motifs is 1. The third-order valence-electron chi connectivity index (χ3n) is 5.90. The molecule has 3 aromatic carbocycles. The van der Waals surface area contributed by atoms with E-state index in [2.05, 4.69) is 4.99 Å². The molecule has 5 rings (SSSR count). The van der Waals surface area contributed by atoms with E-state index in [0.717, 1.165) is 16.8 Å². The van der Waals surface area contributed by atoms with Gasteiger partial charge in [-0.05, 0) is 54.1 Å². The first-order valence-electron chi connectivity index (χ1n) is 10.9. The van der Waals surface area contributed by atoms with Crippen molar-refractivity contribution in [2.75, 3.05) is 31.2 Å². The van der Waals surface area contributed by atoms with Crippen LogP contribution < -0.4 is 4.90 Å². The number of ether oxygens (including phenoxy) is 1. The smallest absolute Gasteiger partial charge is 0.278 e. The fourth-order valence-electron chi connectivity index (χ4n) is 4.09. The molecular weight excluding hydrogens is 474 g/mol. The number of rotatable bonds is 4. The lowest BCUT2D eigenvalue weighted by atomic mass is 10.1. The van der Waals surface area contributed by atoms with Gasteiger partial charge in [0.1, 0.15) is 5.84 Å². The minimum Gasteiger partial charge on any atom is -0.379 e. The highest BCUT2D eigenvalue weighted by atomic mass is 35.5. The lowest BCUT2D eigenvalue weighted by Crippen LogP contribution is -2.40. The van der Waals surface area contributed by atoms with Crippen LogP contribution in [-0.2, 0) is 21.3 Å². The molecule has 0 bridgehead atoms. The highest BCUT2D eigenvalue weighted by Crippen LogP contribution is 2.30. The van der Waals surface area contributed by atoms with Gasteiger partial charge in [-0.3, -0.25) is 4.79 Å². The maximum atomic E-state index is 13.0. The Bertz CT molecular complexity index is 1350. The summed E-state index contributed by atoms with van der Waals surface area (Å²) in [5.41, 5.74) is 3.10. The zero-order valence-corrected chi connectivity index (χ0v) is 19.8. The molecular formula is C25H22ClN3O4S. The van der Waals surface area contributed by atoms with Gasteiger partial charge in [-0.15, -0.1) is 0 Å². The molecule has 7 nitrogen and oxygen atoms in total. The summed E-state index contributed by atoms with van der Waals surface area (Å²) in [5.74, 6) is 0.152. The minimum absolute atomic E-state index is 0.227. The zero-order chi connectivity index (χ0) is 23.7. The van der Waals surface area contributed by atoms with E-state index >= 15 is 0 Å². The van der Waals surface area contributed by atoms with Crippen LogP contribution in [0.2, 0.25) is 5.02 Å². The Hall–Kier alpha value is -3.04. The summed E-state index contributed by atoms with van der Waals surface area (Å²) in [7, 11) is -3.59. The van der Waals surface area contributed by atoms with Crippen LogP contribution >= 0.6 is 11.6 Å². The maximum absolute atomic E-state index is 13.0. The number of hydrogen-bond acceptors (Lipinski definition) is 4. The fraction of sp³-hybridized carbons (Fsp3) is 0.200. The molecule has 0 aromatic heterocycles. The number of amides is 1. The number of halogens is 1. The number of sulfonamides is 1. The second kappa shape index (κ2) is 9.31. The van der Waals surface area contributed by atoms with Crippen LogP contribution in [0.4, 0.5) is 5.69 Å². The largest absolute Gasteiger partial charge is 0.379 e. The Kier molecular flexibility index (Phi) is 6.22. The van der Waals surface area contributed by atoms with E-state index in [4.69, 9.17) is 16.3 Å². The SMILES string of the molecule is O=C(N=C1c2ccccc2CN1c1ccc(S(=O)(=O)N2CCOCC2)cc1)c1ccc(Cl)cc1. The standard InChI is InChI=1S/C25H22ClN3O4S/c26-20-7-5-18(6-8-20)25(30)27-24-23-4-2-1-3-19(23)17-29(24)21-9-11-22(12-10-21)34(31,32)28-13-15-33-16-14-28/h1-12H,13-17H2. The number of carbonyl (C=O) groups excluding carboxylic acids is 1. The highest BCUT2D eigenvalue weighted by molar-refractivity contribution is 7.89. The monoisotopic (exact) mass is 495 g/mol. The Labute approximate surface area is 203 Å². The maximum Gasteiger partial charge on any atom is 0.278 e. The van der Waals surface area contributed by atoms with Crippen LogP contribution in [0.5, 0.6) is 0 Å². The van der Waals surface area contributed by atoms with E-state index in [-0.39, 0.29) is 10.8 Å². The number of carbonyl (C=O) groups is 1. The molecule has 0 unspecified atom stereocenters. The molecule has 2 aliphatic rings. The van der Waals surface area contributed by atoms with E-state index in [1.165, 1.54) is 4.31 Å². The lowest BCUT2D eigenvalue weighted by molar-refractivity contribution is 0.0730. The van der Waals surface area contributed by atoms with Gasteiger partial charge in [0.2, 0.25) is 10.0 Å². The first-order chi connectivity index (χ1) is 16.4. The molecule has 2 aliphatic heterocycles. The van der Waals surface area contributed by atoms with Crippen LogP contribution in [0, 0.1) is 0 Å². The second-order valence-electron chi connectivity index (χ2n) is 8.00. The summed E-state index contributed by atoms with van der Waals surface area (Å²) in [6.45, 7) is 2.00. The number of nitrogens with zero attached hydrogens (tertiary/aromatic N) is 3. The van der Waals surface area contributed by atoms with Crippen LogP contribution in [0.3, 0.4) is 0 Å². The third kappa shape index (κ3) is 4.37. The molecule has 2 heterocycles. The average Bonchev–Trinajstić information content (AvgIpc) is 3.23. The fourth-order valence-corrected chi connectivity index (χ4v) is 5.62. The summed E-state index contributed by atoms with van der Waals surface area (Å²) < 4.78 is 32.6. The van der Waals surface area contributed by atoms with Crippen molar-refractivity contribution >= 4 is 39.1 Å². The summed E-state index contributed by atoms with van der Waals surface area (Å²) in [6.07, 6.45) is 0. The number of aliphatic imine (C=N–C) groups is 1. The van der Waals surface area contributed by atoms with Crippen LogP contribution in [0.15, 0.2) is 82.7 Å².